The zero-order valence-electron chi connectivity index (χ0n) is 16.0. The summed E-state index contributed by atoms with van der Waals surface area (Å²) in [5.74, 6) is 0.167. The third-order valence-electron chi connectivity index (χ3n) is 3.65. The van der Waals surface area contributed by atoms with Gasteiger partial charge in [-0.05, 0) is 33.8 Å². The van der Waals surface area contributed by atoms with Gasteiger partial charge in [0.25, 0.3) is 0 Å². The Morgan fingerprint density at radius 2 is 2.04 bits per heavy atom. The van der Waals surface area contributed by atoms with Crippen LogP contribution in [-0.2, 0) is 23.1 Å². The van der Waals surface area contributed by atoms with Crippen molar-refractivity contribution in [1.29, 1.82) is 0 Å². The first-order valence-electron chi connectivity index (χ1n) is 8.33. The molecule has 0 saturated heterocycles. The zero-order chi connectivity index (χ0) is 19.6. The summed E-state index contributed by atoms with van der Waals surface area (Å²) < 4.78 is 8.54. The van der Waals surface area contributed by atoms with Crippen LogP contribution >= 0.6 is 0 Å². The number of aldehydes is 1. The molecular formula is C18H25N5O3. The van der Waals surface area contributed by atoms with Crippen molar-refractivity contribution >= 4 is 40.1 Å². The van der Waals surface area contributed by atoms with E-state index >= 15 is 0 Å². The highest BCUT2D eigenvalue weighted by molar-refractivity contribution is 6.07. The summed E-state index contributed by atoms with van der Waals surface area (Å²) in [6, 6.07) is 1.84. The average molecular weight is 359 g/mol. The lowest BCUT2D eigenvalue weighted by Crippen LogP contribution is -2.21. The molecule has 0 aliphatic rings. The Balaban J connectivity index is 0.000000260. The van der Waals surface area contributed by atoms with Crippen LogP contribution in [0.25, 0.3) is 22.1 Å². The van der Waals surface area contributed by atoms with Gasteiger partial charge in [0.2, 0.25) is 0 Å². The summed E-state index contributed by atoms with van der Waals surface area (Å²) in [6.45, 7) is 9.58. The first-order chi connectivity index (χ1) is 12.1. The molecule has 140 valence electrons. The molecule has 0 atom stereocenters. The Morgan fingerprint density at radius 3 is 2.50 bits per heavy atom. The quantitative estimate of drug-likeness (QED) is 0.557. The highest BCUT2D eigenvalue weighted by Gasteiger charge is 2.16. The maximum Gasteiger partial charge on any atom is 0.303 e. The predicted octanol–water partition coefficient (Wildman–Crippen LogP) is 2.69. The number of rotatable bonds is 2. The maximum atomic E-state index is 11.1. The maximum absolute atomic E-state index is 11.1. The summed E-state index contributed by atoms with van der Waals surface area (Å²) >= 11 is 0. The van der Waals surface area contributed by atoms with Crippen molar-refractivity contribution in [3.05, 3.63) is 18.1 Å². The standard InChI is InChI=1S/C12H13N5O.C6H12O2/c1-3-17-7(5-18)4-8-10-9(14-6-16(10)2)11(13)15-12(8)17;1-5(7)8-6(2,3)4/h4-6H,3H2,1-2H3,(H2,13,15);1-4H3. The van der Waals surface area contributed by atoms with Gasteiger partial charge in [0.15, 0.2) is 12.1 Å². The zero-order valence-corrected chi connectivity index (χ0v) is 16.0. The number of nitrogen functional groups attached to an aromatic ring is 1. The summed E-state index contributed by atoms with van der Waals surface area (Å²) in [5.41, 5.74) is 8.51. The number of esters is 1. The number of carbonyl (C=O) groups excluding carboxylic acids is 2. The second-order valence-corrected chi connectivity index (χ2v) is 6.92. The number of pyridine rings is 1. The fraction of sp³-hybridized carbons (Fsp3) is 0.444. The third-order valence-corrected chi connectivity index (χ3v) is 3.65. The minimum atomic E-state index is -0.328. The van der Waals surface area contributed by atoms with E-state index in [0.29, 0.717) is 23.6 Å². The number of nitrogens with two attached hydrogens (primary N) is 1. The molecule has 0 aliphatic heterocycles. The SMILES string of the molecule is CC(=O)OC(C)(C)C.CCn1c(C=O)cc2c3c(ncn3C)c(N)nc21. The second-order valence-electron chi connectivity index (χ2n) is 6.92. The Bertz CT molecular complexity index is 963. The minimum Gasteiger partial charge on any atom is -0.460 e. The van der Waals surface area contributed by atoms with Crippen molar-refractivity contribution in [2.24, 2.45) is 7.05 Å². The molecule has 0 bridgehead atoms. The van der Waals surface area contributed by atoms with E-state index < -0.39 is 0 Å². The van der Waals surface area contributed by atoms with Gasteiger partial charge in [0.05, 0.1) is 17.5 Å². The van der Waals surface area contributed by atoms with Crippen molar-refractivity contribution in [3.63, 3.8) is 0 Å². The lowest BCUT2D eigenvalue weighted by atomic mass is 10.2. The summed E-state index contributed by atoms with van der Waals surface area (Å²) in [6.07, 6.45) is 2.54. The van der Waals surface area contributed by atoms with Gasteiger partial charge in [-0.1, -0.05) is 0 Å². The molecule has 8 heteroatoms. The molecule has 0 radical (unpaired) electrons. The molecule has 2 N–H and O–H groups in total. The lowest BCUT2D eigenvalue weighted by Gasteiger charge is -2.17. The van der Waals surface area contributed by atoms with E-state index in [1.54, 1.807) is 6.33 Å². The first-order valence-corrected chi connectivity index (χ1v) is 8.33. The molecule has 3 aromatic rings. The fourth-order valence-electron chi connectivity index (χ4n) is 2.82. The van der Waals surface area contributed by atoms with E-state index in [9.17, 15) is 9.59 Å². The summed E-state index contributed by atoms with van der Waals surface area (Å²) in [7, 11) is 1.90. The molecule has 0 spiro atoms. The van der Waals surface area contributed by atoms with Crippen LogP contribution in [0.4, 0.5) is 5.82 Å². The van der Waals surface area contributed by atoms with E-state index in [0.717, 1.165) is 22.8 Å². The van der Waals surface area contributed by atoms with Crippen LogP contribution in [0.15, 0.2) is 12.4 Å². The third kappa shape index (κ3) is 3.84. The molecule has 0 saturated carbocycles. The van der Waals surface area contributed by atoms with Gasteiger partial charge in [0, 0.05) is 25.9 Å². The van der Waals surface area contributed by atoms with Gasteiger partial charge in [-0.2, -0.15) is 0 Å². The largest absolute Gasteiger partial charge is 0.460 e. The van der Waals surface area contributed by atoms with Crippen molar-refractivity contribution in [2.75, 3.05) is 5.73 Å². The molecule has 3 heterocycles. The molecule has 0 amide bonds. The highest BCUT2D eigenvalue weighted by Crippen LogP contribution is 2.28. The number of nitrogens with zero attached hydrogens (tertiary/aromatic N) is 4. The number of aromatic nitrogens is 4. The van der Waals surface area contributed by atoms with Crippen LogP contribution in [-0.4, -0.2) is 37.0 Å². The van der Waals surface area contributed by atoms with Crippen LogP contribution in [0, 0.1) is 0 Å². The van der Waals surface area contributed by atoms with Crippen molar-refractivity contribution in [1.82, 2.24) is 19.1 Å². The summed E-state index contributed by atoms with van der Waals surface area (Å²) in [4.78, 5) is 29.9. The average Bonchev–Trinajstić information content (AvgIpc) is 3.06. The monoisotopic (exact) mass is 359 g/mol. The number of anilines is 1. The molecule has 3 rings (SSSR count). The Labute approximate surface area is 152 Å². The van der Waals surface area contributed by atoms with Gasteiger partial charge in [-0.25, -0.2) is 9.97 Å². The number of carbonyl (C=O) groups is 2. The topological polar surface area (TPSA) is 105 Å². The Morgan fingerprint density at radius 1 is 1.38 bits per heavy atom. The number of imidazole rings is 1. The number of hydrogen-bond acceptors (Lipinski definition) is 6. The van der Waals surface area contributed by atoms with Crippen molar-refractivity contribution < 1.29 is 14.3 Å². The van der Waals surface area contributed by atoms with E-state index in [4.69, 9.17) is 10.5 Å². The normalized spacial score (nSPS) is 11.3. The number of aryl methyl sites for hydroxylation is 2. The van der Waals surface area contributed by atoms with Crippen molar-refractivity contribution in [3.8, 4) is 0 Å². The number of fused-ring (bicyclic) bond motifs is 3. The van der Waals surface area contributed by atoms with E-state index in [2.05, 4.69) is 9.97 Å². The summed E-state index contributed by atoms with van der Waals surface area (Å²) in [5, 5.41) is 0.906. The minimum absolute atomic E-state index is 0.225. The smallest absolute Gasteiger partial charge is 0.303 e. The molecule has 8 nitrogen and oxygen atoms in total. The second kappa shape index (κ2) is 7.15. The molecule has 0 aromatic carbocycles. The number of ether oxygens (including phenoxy) is 1. The molecular weight excluding hydrogens is 334 g/mol. The Kier molecular flexibility index (Phi) is 5.34. The van der Waals surface area contributed by atoms with Crippen LogP contribution in [0.3, 0.4) is 0 Å². The van der Waals surface area contributed by atoms with Crippen LogP contribution < -0.4 is 5.73 Å². The van der Waals surface area contributed by atoms with Crippen molar-refractivity contribution in [2.45, 2.75) is 46.8 Å². The molecule has 0 aliphatic carbocycles. The van der Waals surface area contributed by atoms with Gasteiger partial charge in [0.1, 0.15) is 16.8 Å². The van der Waals surface area contributed by atoms with Gasteiger partial charge in [-0.3, -0.25) is 9.59 Å². The Hall–Kier alpha value is -2.90. The van der Waals surface area contributed by atoms with Crippen LogP contribution in [0.1, 0.15) is 45.1 Å². The van der Waals surface area contributed by atoms with Gasteiger partial charge >= 0.3 is 5.97 Å². The van der Waals surface area contributed by atoms with Gasteiger partial charge < -0.3 is 19.6 Å². The predicted molar refractivity (Wildman–Crippen MR) is 101 cm³/mol. The lowest BCUT2D eigenvalue weighted by molar-refractivity contribution is -0.151. The van der Waals surface area contributed by atoms with E-state index in [1.165, 1.54) is 6.92 Å². The highest BCUT2D eigenvalue weighted by atomic mass is 16.6. The van der Waals surface area contributed by atoms with Crippen LogP contribution in [0.2, 0.25) is 0 Å². The first kappa shape index (κ1) is 19.4. The van der Waals surface area contributed by atoms with Gasteiger partial charge in [-0.15, -0.1) is 0 Å². The van der Waals surface area contributed by atoms with E-state index in [-0.39, 0.29) is 11.6 Å². The molecule has 3 aromatic heterocycles. The van der Waals surface area contributed by atoms with E-state index in [1.807, 2.05) is 49.9 Å². The fourth-order valence-corrected chi connectivity index (χ4v) is 2.82. The molecule has 0 unspecified atom stereocenters. The molecule has 26 heavy (non-hydrogen) atoms. The molecule has 0 fully saturated rings. The number of hydrogen-bond donors (Lipinski definition) is 1. The van der Waals surface area contributed by atoms with Crippen LogP contribution in [0.5, 0.6) is 0 Å².